The number of aromatic hydroxyl groups is 1. The number of nitrogens with zero attached hydrogens (tertiary/aromatic N) is 2. The van der Waals surface area contributed by atoms with Crippen LogP contribution in [-0.2, 0) is 0 Å². The molecule has 1 heterocycles. The summed E-state index contributed by atoms with van der Waals surface area (Å²) in [6, 6.07) is 19.1. The molecule has 30 heavy (non-hydrogen) atoms. The van der Waals surface area contributed by atoms with Crippen LogP contribution < -0.4 is 5.56 Å². The molecule has 0 radical (unpaired) electrons. The summed E-state index contributed by atoms with van der Waals surface area (Å²) in [6.07, 6.45) is 1.65. The Morgan fingerprint density at radius 1 is 0.867 bits per heavy atom. The van der Waals surface area contributed by atoms with Crippen LogP contribution >= 0.6 is 0 Å². The second-order valence-electron chi connectivity index (χ2n) is 7.69. The summed E-state index contributed by atoms with van der Waals surface area (Å²) in [4.78, 5) is 17.9. The Balaban J connectivity index is 2.01. The number of aliphatic imine (C=N–C) groups is 1. The standard InChI is InChI=1S/C26H24N2O2/c1-16-12-13-24(18(3)14-16)28-25(29)21-10-6-5-9-20(21)22(26(28)30)15-27-23-11-7-8-17(2)19(23)4/h5-15,30H,1-4H3. The minimum Gasteiger partial charge on any atom is -0.494 e. The number of hydrogen-bond acceptors (Lipinski definition) is 3. The Morgan fingerprint density at radius 2 is 1.60 bits per heavy atom. The SMILES string of the molecule is Cc1ccc(-n2c(O)c(C=Nc3cccc(C)c3C)c3ccccc3c2=O)c(C)c1. The lowest BCUT2D eigenvalue weighted by Gasteiger charge is -2.16. The van der Waals surface area contributed by atoms with Crippen molar-refractivity contribution in [3.8, 4) is 11.6 Å². The summed E-state index contributed by atoms with van der Waals surface area (Å²) in [5.41, 5.74) is 6.02. The number of rotatable bonds is 3. The second-order valence-corrected chi connectivity index (χ2v) is 7.69. The van der Waals surface area contributed by atoms with Gasteiger partial charge in [-0.1, -0.05) is 48.0 Å². The molecular weight excluding hydrogens is 372 g/mol. The number of pyridine rings is 1. The molecule has 0 unspecified atom stereocenters. The maximum Gasteiger partial charge on any atom is 0.265 e. The van der Waals surface area contributed by atoms with Crippen molar-refractivity contribution in [2.45, 2.75) is 27.7 Å². The van der Waals surface area contributed by atoms with Gasteiger partial charge in [-0.2, -0.15) is 0 Å². The summed E-state index contributed by atoms with van der Waals surface area (Å²) in [5, 5.41) is 12.4. The maximum absolute atomic E-state index is 13.3. The monoisotopic (exact) mass is 396 g/mol. The van der Waals surface area contributed by atoms with Crippen molar-refractivity contribution in [3.05, 3.63) is 98.8 Å². The first-order valence-corrected chi connectivity index (χ1v) is 9.93. The molecule has 0 aliphatic heterocycles. The molecule has 0 aliphatic carbocycles. The summed E-state index contributed by atoms with van der Waals surface area (Å²) in [7, 11) is 0. The van der Waals surface area contributed by atoms with Gasteiger partial charge in [0.15, 0.2) is 0 Å². The number of benzene rings is 3. The predicted molar refractivity (Wildman–Crippen MR) is 124 cm³/mol. The van der Waals surface area contributed by atoms with Gasteiger partial charge in [0.1, 0.15) is 0 Å². The molecule has 150 valence electrons. The zero-order chi connectivity index (χ0) is 21.4. The molecule has 0 bridgehead atoms. The summed E-state index contributed by atoms with van der Waals surface area (Å²) >= 11 is 0. The molecule has 4 nitrogen and oxygen atoms in total. The lowest BCUT2D eigenvalue weighted by molar-refractivity contribution is 0.436. The van der Waals surface area contributed by atoms with Crippen molar-refractivity contribution in [2.24, 2.45) is 4.99 Å². The van der Waals surface area contributed by atoms with Crippen molar-refractivity contribution in [1.29, 1.82) is 0 Å². The highest BCUT2D eigenvalue weighted by Crippen LogP contribution is 2.29. The average Bonchev–Trinajstić information content (AvgIpc) is 2.72. The van der Waals surface area contributed by atoms with Gasteiger partial charge < -0.3 is 5.11 Å². The molecule has 0 saturated carbocycles. The number of aromatic nitrogens is 1. The van der Waals surface area contributed by atoms with Gasteiger partial charge in [-0.15, -0.1) is 0 Å². The van der Waals surface area contributed by atoms with Crippen LogP contribution in [0.25, 0.3) is 16.5 Å². The quantitative estimate of drug-likeness (QED) is 0.453. The highest BCUT2D eigenvalue weighted by Gasteiger charge is 2.17. The minimum atomic E-state index is -0.251. The minimum absolute atomic E-state index is 0.111. The van der Waals surface area contributed by atoms with Gasteiger partial charge in [-0.25, -0.2) is 4.57 Å². The van der Waals surface area contributed by atoms with Gasteiger partial charge in [0.25, 0.3) is 5.56 Å². The molecule has 4 rings (SSSR count). The van der Waals surface area contributed by atoms with E-state index in [1.54, 1.807) is 12.3 Å². The van der Waals surface area contributed by atoms with Crippen LogP contribution in [0.4, 0.5) is 5.69 Å². The fourth-order valence-corrected chi connectivity index (χ4v) is 3.78. The number of hydrogen-bond donors (Lipinski definition) is 1. The molecule has 4 aromatic rings. The van der Waals surface area contributed by atoms with Gasteiger partial charge in [0, 0.05) is 17.0 Å². The maximum atomic E-state index is 13.3. The molecule has 0 fully saturated rings. The Bertz CT molecular complexity index is 1360. The molecule has 0 atom stereocenters. The van der Waals surface area contributed by atoms with Gasteiger partial charge in [0.05, 0.1) is 16.9 Å². The van der Waals surface area contributed by atoms with Gasteiger partial charge in [-0.05, 0) is 62.6 Å². The Labute approximate surface area is 175 Å². The molecule has 0 aliphatic rings. The largest absolute Gasteiger partial charge is 0.494 e. The fraction of sp³-hybridized carbons (Fsp3) is 0.154. The van der Waals surface area contributed by atoms with Crippen LogP contribution in [0.5, 0.6) is 5.88 Å². The molecule has 0 saturated heterocycles. The van der Waals surface area contributed by atoms with Crippen molar-refractivity contribution in [2.75, 3.05) is 0 Å². The first kappa shape index (κ1) is 19.6. The zero-order valence-electron chi connectivity index (χ0n) is 17.6. The summed E-state index contributed by atoms with van der Waals surface area (Å²) in [5.74, 6) is -0.111. The highest BCUT2D eigenvalue weighted by molar-refractivity contribution is 6.02. The van der Waals surface area contributed by atoms with E-state index in [0.29, 0.717) is 22.0 Å². The van der Waals surface area contributed by atoms with E-state index in [2.05, 4.69) is 4.99 Å². The smallest absolute Gasteiger partial charge is 0.265 e. The molecule has 0 spiro atoms. The van der Waals surface area contributed by atoms with Crippen LogP contribution in [0.3, 0.4) is 0 Å². The van der Waals surface area contributed by atoms with Crippen LogP contribution in [-0.4, -0.2) is 15.9 Å². The molecule has 1 N–H and O–H groups in total. The predicted octanol–water partition coefficient (Wildman–Crippen LogP) is 5.68. The van der Waals surface area contributed by atoms with Gasteiger partial charge in [-0.3, -0.25) is 9.79 Å². The lowest BCUT2D eigenvalue weighted by atomic mass is 10.1. The van der Waals surface area contributed by atoms with Crippen molar-refractivity contribution in [3.63, 3.8) is 0 Å². The Hall–Kier alpha value is -3.66. The highest BCUT2D eigenvalue weighted by atomic mass is 16.3. The van der Waals surface area contributed by atoms with E-state index < -0.39 is 0 Å². The van der Waals surface area contributed by atoms with E-state index in [1.807, 2.05) is 82.3 Å². The van der Waals surface area contributed by atoms with E-state index in [4.69, 9.17) is 0 Å². The summed E-state index contributed by atoms with van der Waals surface area (Å²) in [6.45, 7) is 8.01. The molecule has 3 aromatic carbocycles. The summed E-state index contributed by atoms with van der Waals surface area (Å²) < 4.78 is 1.38. The third-order valence-electron chi connectivity index (χ3n) is 5.61. The Kier molecular flexibility index (Phi) is 5.00. The van der Waals surface area contributed by atoms with Crippen LogP contribution in [0, 0.1) is 27.7 Å². The Morgan fingerprint density at radius 3 is 2.33 bits per heavy atom. The second kappa shape index (κ2) is 7.64. The van der Waals surface area contributed by atoms with E-state index in [0.717, 1.165) is 27.9 Å². The van der Waals surface area contributed by atoms with Crippen LogP contribution in [0.15, 0.2) is 70.5 Å². The lowest BCUT2D eigenvalue weighted by Crippen LogP contribution is -2.21. The topological polar surface area (TPSA) is 54.6 Å². The van der Waals surface area contributed by atoms with E-state index in [-0.39, 0.29) is 11.4 Å². The van der Waals surface area contributed by atoms with Crippen molar-refractivity contribution >= 4 is 22.7 Å². The number of aryl methyl sites for hydroxylation is 3. The number of fused-ring (bicyclic) bond motifs is 1. The molecule has 1 aromatic heterocycles. The van der Waals surface area contributed by atoms with Crippen LogP contribution in [0.2, 0.25) is 0 Å². The third kappa shape index (κ3) is 3.30. The zero-order valence-corrected chi connectivity index (χ0v) is 17.6. The average molecular weight is 396 g/mol. The van der Waals surface area contributed by atoms with Crippen LogP contribution in [0.1, 0.15) is 27.8 Å². The van der Waals surface area contributed by atoms with E-state index >= 15 is 0 Å². The fourth-order valence-electron chi connectivity index (χ4n) is 3.78. The van der Waals surface area contributed by atoms with Crippen molar-refractivity contribution < 1.29 is 5.11 Å². The van der Waals surface area contributed by atoms with E-state index in [1.165, 1.54) is 4.57 Å². The van der Waals surface area contributed by atoms with Gasteiger partial charge >= 0.3 is 0 Å². The third-order valence-corrected chi connectivity index (χ3v) is 5.61. The van der Waals surface area contributed by atoms with Crippen molar-refractivity contribution in [1.82, 2.24) is 4.57 Å². The van der Waals surface area contributed by atoms with Gasteiger partial charge in [0.2, 0.25) is 5.88 Å². The molecular formula is C26H24N2O2. The first-order chi connectivity index (χ1) is 14.4. The van der Waals surface area contributed by atoms with E-state index in [9.17, 15) is 9.90 Å². The normalized spacial score (nSPS) is 11.5. The first-order valence-electron chi connectivity index (χ1n) is 9.93. The molecule has 0 amide bonds. The molecule has 4 heteroatoms.